The number of ether oxygens (including phenoxy) is 2. The van der Waals surface area contributed by atoms with E-state index in [1.54, 1.807) is 11.3 Å². The summed E-state index contributed by atoms with van der Waals surface area (Å²) in [7, 11) is 0. The first-order valence-electron chi connectivity index (χ1n) is 8.27. The Bertz CT molecular complexity index is 471. The summed E-state index contributed by atoms with van der Waals surface area (Å²) in [5.74, 6) is 0.452. The predicted molar refractivity (Wildman–Crippen MR) is 89.8 cm³/mol. The molecule has 0 aliphatic carbocycles. The summed E-state index contributed by atoms with van der Waals surface area (Å²) in [6, 6.07) is 4.33. The summed E-state index contributed by atoms with van der Waals surface area (Å²) in [6.45, 7) is 6.21. The van der Waals surface area contributed by atoms with Crippen LogP contribution in [0.1, 0.15) is 17.3 Å². The summed E-state index contributed by atoms with van der Waals surface area (Å²) in [5.41, 5.74) is 0. The van der Waals surface area contributed by atoms with Gasteiger partial charge >= 0.3 is 6.03 Å². The van der Waals surface area contributed by atoms with E-state index in [-0.39, 0.29) is 12.1 Å². The van der Waals surface area contributed by atoms with Crippen molar-refractivity contribution in [3.05, 3.63) is 22.4 Å². The van der Waals surface area contributed by atoms with Crippen molar-refractivity contribution in [1.82, 2.24) is 15.5 Å². The Morgan fingerprint density at radius 2 is 2.17 bits per heavy atom. The second kappa shape index (κ2) is 8.63. The number of hydrogen-bond donors (Lipinski definition) is 2. The Kier molecular flexibility index (Phi) is 6.27. The Hall–Kier alpha value is -1.15. The van der Waals surface area contributed by atoms with Crippen LogP contribution in [0.4, 0.5) is 4.79 Å². The van der Waals surface area contributed by atoms with E-state index in [4.69, 9.17) is 9.47 Å². The number of amides is 2. The van der Waals surface area contributed by atoms with Gasteiger partial charge in [0, 0.05) is 43.6 Å². The highest BCUT2D eigenvalue weighted by atomic mass is 32.1. The summed E-state index contributed by atoms with van der Waals surface area (Å²) in [5, 5.41) is 8.07. The van der Waals surface area contributed by atoms with Crippen LogP contribution in [0.15, 0.2) is 17.5 Å². The first-order valence-corrected chi connectivity index (χ1v) is 9.15. The molecule has 1 aromatic heterocycles. The number of morpholine rings is 1. The van der Waals surface area contributed by atoms with Gasteiger partial charge in [0.25, 0.3) is 0 Å². The first kappa shape index (κ1) is 16.7. The van der Waals surface area contributed by atoms with Gasteiger partial charge in [0.15, 0.2) is 0 Å². The SMILES string of the molecule is O=C(NCC1CCOC1)NCC(c1cccs1)N1CCOCC1. The minimum Gasteiger partial charge on any atom is -0.381 e. The normalized spacial score (nSPS) is 23.6. The molecule has 7 heteroatoms. The van der Waals surface area contributed by atoms with Gasteiger partial charge in [-0.2, -0.15) is 0 Å². The lowest BCUT2D eigenvalue weighted by molar-refractivity contribution is 0.0174. The quantitative estimate of drug-likeness (QED) is 0.824. The van der Waals surface area contributed by atoms with Gasteiger partial charge in [-0.1, -0.05) is 6.07 Å². The average molecular weight is 339 g/mol. The fourth-order valence-corrected chi connectivity index (χ4v) is 3.87. The molecule has 2 amide bonds. The van der Waals surface area contributed by atoms with Crippen LogP contribution in [0.25, 0.3) is 0 Å². The van der Waals surface area contributed by atoms with E-state index in [1.165, 1.54) is 4.88 Å². The van der Waals surface area contributed by atoms with Crippen molar-refractivity contribution < 1.29 is 14.3 Å². The van der Waals surface area contributed by atoms with Crippen molar-refractivity contribution >= 4 is 17.4 Å². The Morgan fingerprint density at radius 1 is 1.30 bits per heavy atom. The van der Waals surface area contributed by atoms with Crippen molar-refractivity contribution in [2.45, 2.75) is 12.5 Å². The number of carbonyl (C=O) groups excluding carboxylic acids is 1. The van der Waals surface area contributed by atoms with Crippen LogP contribution in [0.5, 0.6) is 0 Å². The smallest absolute Gasteiger partial charge is 0.314 e. The molecule has 2 saturated heterocycles. The average Bonchev–Trinajstić information content (AvgIpc) is 3.28. The van der Waals surface area contributed by atoms with Crippen LogP contribution >= 0.6 is 11.3 Å². The maximum absolute atomic E-state index is 12.1. The molecule has 2 unspecified atom stereocenters. The molecule has 2 aliphatic rings. The van der Waals surface area contributed by atoms with Crippen molar-refractivity contribution in [3.63, 3.8) is 0 Å². The van der Waals surface area contributed by atoms with Gasteiger partial charge in [0.2, 0.25) is 0 Å². The Balaban J connectivity index is 1.48. The molecule has 3 heterocycles. The number of urea groups is 1. The van der Waals surface area contributed by atoms with E-state index < -0.39 is 0 Å². The lowest BCUT2D eigenvalue weighted by Gasteiger charge is -2.34. The zero-order valence-corrected chi connectivity index (χ0v) is 14.1. The van der Waals surface area contributed by atoms with E-state index in [0.717, 1.165) is 45.9 Å². The van der Waals surface area contributed by atoms with Crippen molar-refractivity contribution in [1.29, 1.82) is 0 Å². The summed E-state index contributed by atoms with van der Waals surface area (Å²) >= 11 is 1.74. The van der Waals surface area contributed by atoms with E-state index in [0.29, 0.717) is 19.0 Å². The van der Waals surface area contributed by atoms with E-state index in [9.17, 15) is 4.79 Å². The number of rotatable bonds is 6. The molecule has 2 atom stereocenters. The monoisotopic (exact) mass is 339 g/mol. The number of hydrogen-bond acceptors (Lipinski definition) is 5. The van der Waals surface area contributed by atoms with E-state index in [2.05, 4.69) is 33.0 Å². The third kappa shape index (κ3) is 4.91. The standard InChI is InChI=1S/C16H25N3O3S/c20-16(17-10-13-3-6-22-12-13)18-11-14(15-2-1-9-23-15)19-4-7-21-8-5-19/h1-2,9,13-14H,3-8,10-12H2,(H2,17,18,20). The summed E-state index contributed by atoms with van der Waals surface area (Å²) in [6.07, 6.45) is 1.03. The predicted octanol–water partition coefficient (Wildman–Crippen LogP) is 1.46. The number of nitrogens with zero attached hydrogens (tertiary/aromatic N) is 1. The van der Waals surface area contributed by atoms with Crippen LogP contribution in [0, 0.1) is 5.92 Å². The second-order valence-corrected chi connectivity index (χ2v) is 6.98. The molecule has 0 radical (unpaired) electrons. The highest BCUT2D eigenvalue weighted by molar-refractivity contribution is 7.10. The van der Waals surface area contributed by atoms with Crippen LogP contribution in [-0.4, -0.2) is 63.5 Å². The molecule has 1 aromatic rings. The van der Waals surface area contributed by atoms with Crippen molar-refractivity contribution in [3.8, 4) is 0 Å². The highest BCUT2D eigenvalue weighted by Gasteiger charge is 2.24. The topological polar surface area (TPSA) is 62.8 Å². The molecular formula is C16H25N3O3S. The maximum atomic E-state index is 12.1. The van der Waals surface area contributed by atoms with Crippen molar-refractivity contribution in [2.24, 2.45) is 5.92 Å². The van der Waals surface area contributed by atoms with Gasteiger partial charge in [-0.25, -0.2) is 4.79 Å². The molecule has 2 aliphatic heterocycles. The molecule has 0 saturated carbocycles. The highest BCUT2D eigenvalue weighted by Crippen LogP contribution is 2.25. The molecule has 23 heavy (non-hydrogen) atoms. The van der Waals surface area contributed by atoms with Crippen LogP contribution in [0.2, 0.25) is 0 Å². The molecular weight excluding hydrogens is 314 g/mol. The number of nitrogens with one attached hydrogen (secondary N) is 2. The Labute approximate surface area is 141 Å². The molecule has 2 fully saturated rings. The minimum atomic E-state index is -0.0910. The Morgan fingerprint density at radius 3 is 2.87 bits per heavy atom. The summed E-state index contributed by atoms with van der Waals surface area (Å²) < 4.78 is 10.8. The van der Waals surface area contributed by atoms with Crippen molar-refractivity contribution in [2.75, 3.05) is 52.6 Å². The lowest BCUT2D eigenvalue weighted by atomic mass is 10.1. The van der Waals surface area contributed by atoms with Gasteiger partial charge < -0.3 is 20.1 Å². The zero-order valence-electron chi connectivity index (χ0n) is 13.3. The van der Waals surface area contributed by atoms with Crippen LogP contribution in [-0.2, 0) is 9.47 Å². The fraction of sp³-hybridized carbons (Fsp3) is 0.688. The summed E-state index contributed by atoms with van der Waals surface area (Å²) in [4.78, 5) is 15.7. The zero-order chi connectivity index (χ0) is 15.9. The van der Waals surface area contributed by atoms with Gasteiger partial charge in [0.1, 0.15) is 0 Å². The largest absolute Gasteiger partial charge is 0.381 e. The third-order valence-electron chi connectivity index (χ3n) is 4.39. The maximum Gasteiger partial charge on any atom is 0.314 e. The number of carbonyl (C=O) groups is 1. The van der Waals surface area contributed by atoms with Crippen LogP contribution in [0.3, 0.4) is 0 Å². The third-order valence-corrected chi connectivity index (χ3v) is 5.36. The minimum absolute atomic E-state index is 0.0910. The molecule has 128 valence electrons. The molecule has 6 nitrogen and oxygen atoms in total. The van der Waals surface area contributed by atoms with Gasteiger partial charge in [-0.05, 0) is 17.9 Å². The van der Waals surface area contributed by atoms with Gasteiger partial charge in [-0.15, -0.1) is 11.3 Å². The van der Waals surface area contributed by atoms with Gasteiger partial charge in [0.05, 0.1) is 25.9 Å². The first-order chi connectivity index (χ1) is 11.3. The second-order valence-electron chi connectivity index (χ2n) is 6.00. The molecule has 0 bridgehead atoms. The van der Waals surface area contributed by atoms with Crippen LogP contribution < -0.4 is 10.6 Å². The van der Waals surface area contributed by atoms with Gasteiger partial charge in [-0.3, -0.25) is 4.90 Å². The molecule has 0 aromatic carbocycles. The molecule has 0 spiro atoms. The fourth-order valence-electron chi connectivity index (χ4n) is 3.01. The molecule has 3 rings (SSSR count). The van der Waals surface area contributed by atoms with E-state index >= 15 is 0 Å². The lowest BCUT2D eigenvalue weighted by Crippen LogP contribution is -2.46. The molecule has 2 N–H and O–H groups in total. The number of thiophene rings is 1. The van der Waals surface area contributed by atoms with E-state index in [1.807, 2.05) is 0 Å².